The van der Waals surface area contributed by atoms with Gasteiger partial charge in [-0.3, -0.25) is 9.52 Å². The number of aromatic nitrogens is 1. The van der Waals surface area contributed by atoms with Crippen molar-refractivity contribution >= 4 is 27.7 Å². The molecule has 6 nitrogen and oxygen atoms in total. The van der Waals surface area contributed by atoms with E-state index >= 15 is 0 Å². The Kier molecular flexibility index (Phi) is 8.53. The van der Waals surface area contributed by atoms with Crippen molar-refractivity contribution in [2.75, 3.05) is 11.0 Å². The Hall–Kier alpha value is -3.02. The fraction of sp³-hybridized carbons (Fsp3) is 0.333. The first-order valence-corrected chi connectivity index (χ1v) is 11.7. The average molecular weight is 491 g/mol. The van der Waals surface area contributed by atoms with Gasteiger partial charge in [0.2, 0.25) is 15.9 Å². The van der Waals surface area contributed by atoms with Crippen LogP contribution in [-0.4, -0.2) is 25.6 Å². The van der Waals surface area contributed by atoms with Crippen LogP contribution in [0.4, 0.5) is 27.6 Å². The molecule has 1 amide bonds. The summed E-state index contributed by atoms with van der Waals surface area (Å²) < 4.78 is 90.9. The van der Waals surface area contributed by atoms with Crippen molar-refractivity contribution in [1.82, 2.24) is 10.3 Å². The summed E-state index contributed by atoms with van der Waals surface area (Å²) >= 11 is 0. The topological polar surface area (TPSA) is 88.2 Å². The van der Waals surface area contributed by atoms with Gasteiger partial charge in [-0.25, -0.2) is 22.2 Å². The zero-order valence-electron chi connectivity index (χ0n) is 17.8. The first kappa shape index (κ1) is 26.2. The number of anilines is 1. The van der Waals surface area contributed by atoms with Crippen molar-refractivity contribution in [2.24, 2.45) is 0 Å². The lowest BCUT2D eigenvalue weighted by Crippen LogP contribution is -2.21. The SMILES string of the molecule is CCCCc1nc(C(F)(F)F)ccc1/C=C/C(=O)NCc1cc(F)c(NS(C)(=O)=O)c(F)c1. The number of halogens is 5. The number of amides is 1. The molecule has 0 aliphatic carbocycles. The molecule has 0 radical (unpaired) electrons. The van der Waals surface area contributed by atoms with Crippen LogP contribution in [0.2, 0.25) is 0 Å². The van der Waals surface area contributed by atoms with E-state index in [1.165, 1.54) is 12.1 Å². The number of nitrogens with zero attached hydrogens (tertiary/aromatic N) is 1. The molecule has 2 N–H and O–H groups in total. The number of unbranched alkanes of at least 4 members (excludes halogenated alkanes) is 1. The van der Waals surface area contributed by atoms with Crippen LogP contribution in [0.5, 0.6) is 0 Å². The Balaban J connectivity index is 2.11. The Morgan fingerprint density at radius 3 is 2.33 bits per heavy atom. The third-order valence-corrected chi connectivity index (χ3v) is 4.91. The molecule has 0 fully saturated rings. The summed E-state index contributed by atoms with van der Waals surface area (Å²) in [6, 6.07) is 3.78. The largest absolute Gasteiger partial charge is 0.433 e. The van der Waals surface area contributed by atoms with E-state index in [0.717, 1.165) is 37.0 Å². The lowest BCUT2D eigenvalue weighted by molar-refractivity contribution is -0.141. The summed E-state index contributed by atoms with van der Waals surface area (Å²) in [5.74, 6) is -2.97. The molecule has 1 aromatic carbocycles. The second-order valence-corrected chi connectivity index (χ2v) is 8.94. The van der Waals surface area contributed by atoms with Crippen LogP contribution in [-0.2, 0) is 34.0 Å². The van der Waals surface area contributed by atoms with Gasteiger partial charge in [0.15, 0.2) is 11.6 Å². The van der Waals surface area contributed by atoms with Crippen LogP contribution < -0.4 is 10.0 Å². The Morgan fingerprint density at radius 2 is 1.79 bits per heavy atom. The maximum atomic E-state index is 14.0. The number of hydrogen-bond acceptors (Lipinski definition) is 4. The molecule has 0 aliphatic heterocycles. The molecule has 2 rings (SSSR count). The van der Waals surface area contributed by atoms with Crippen molar-refractivity contribution in [3.8, 4) is 0 Å². The number of benzene rings is 1. The van der Waals surface area contributed by atoms with E-state index in [4.69, 9.17) is 0 Å². The van der Waals surface area contributed by atoms with E-state index < -0.39 is 45.1 Å². The summed E-state index contributed by atoms with van der Waals surface area (Å²) in [5.41, 5.74) is -1.27. The van der Waals surface area contributed by atoms with E-state index in [1.54, 1.807) is 4.72 Å². The lowest BCUT2D eigenvalue weighted by atomic mass is 10.1. The molecule has 0 aliphatic rings. The zero-order chi connectivity index (χ0) is 24.8. The van der Waals surface area contributed by atoms with E-state index in [2.05, 4.69) is 10.3 Å². The molecule has 1 heterocycles. The molecule has 0 bridgehead atoms. The highest BCUT2D eigenvalue weighted by molar-refractivity contribution is 7.92. The molecule has 0 spiro atoms. The molecule has 2 aromatic rings. The van der Waals surface area contributed by atoms with Crippen molar-refractivity contribution in [3.05, 3.63) is 64.5 Å². The van der Waals surface area contributed by atoms with Crippen molar-refractivity contribution < 1.29 is 35.2 Å². The van der Waals surface area contributed by atoms with Gasteiger partial charge in [0.25, 0.3) is 0 Å². The summed E-state index contributed by atoms with van der Waals surface area (Å²) in [6.07, 6.45) is 0.202. The second-order valence-electron chi connectivity index (χ2n) is 7.19. The lowest BCUT2D eigenvalue weighted by Gasteiger charge is -2.11. The van der Waals surface area contributed by atoms with Crippen molar-refractivity contribution in [1.29, 1.82) is 0 Å². The predicted octanol–water partition coefficient (Wildman–Crippen LogP) is 4.42. The smallest absolute Gasteiger partial charge is 0.348 e. The fourth-order valence-electron chi connectivity index (χ4n) is 2.79. The summed E-state index contributed by atoms with van der Waals surface area (Å²) in [5, 5.41) is 2.39. The monoisotopic (exact) mass is 491 g/mol. The summed E-state index contributed by atoms with van der Waals surface area (Å²) in [6.45, 7) is 1.61. The first-order valence-electron chi connectivity index (χ1n) is 9.79. The molecule has 0 unspecified atom stereocenters. The van der Waals surface area contributed by atoms with E-state index in [1.807, 2.05) is 6.92 Å². The van der Waals surface area contributed by atoms with Crippen LogP contribution in [0.1, 0.15) is 42.3 Å². The number of carbonyl (C=O) groups is 1. The normalized spacial score (nSPS) is 12.2. The quantitative estimate of drug-likeness (QED) is 0.402. The minimum absolute atomic E-state index is 0.0330. The van der Waals surface area contributed by atoms with Gasteiger partial charge in [-0.15, -0.1) is 0 Å². The average Bonchev–Trinajstić information content (AvgIpc) is 2.70. The number of hydrogen-bond donors (Lipinski definition) is 2. The minimum Gasteiger partial charge on any atom is -0.348 e. The predicted molar refractivity (Wildman–Crippen MR) is 114 cm³/mol. The minimum atomic E-state index is -4.59. The zero-order valence-corrected chi connectivity index (χ0v) is 18.6. The van der Waals surface area contributed by atoms with Crippen LogP contribution >= 0.6 is 0 Å². The van der Waals surface area contributed by atoms with Gasteiger partial charge in [0.1, 0.15) is 11.4 Å². The number of carbonyl (C=O) groups excluding carboxylic acids is 1. The first-order chi connectivity index (χ1) is 15.3. The third kappa shape index (κ3) is 8.12. The Labute approximate surface area is 188 Å². The maximum absolute atomic E-state index is 14.0. The van der Waals surface area contributed by atoms with Crippen molar-refractivity contribution in [2.45, 2.75) is 38.9 Å². The molecule has 33 heavy (non-hydrogen) atoms. The molecular formula is C21H22F5N3O3S. The summed E-state index contributed by atoms with van der Waals surface area (Å²) in [4.78, 5) is 15.8. The van der Waals surface area contributed by atoms with E-state index in [0.29, 0.717) is 18.4 Å². The Bertz CT molecular complexity index is 1130. The molecule has 0 saturated heterocycles. The molecule has 0 saturated carbocycles. The highest BCUT2D eigenvalue weighted by Gasteiger charge is 2.32. The van der Waals surface area contributed by atoms with Gasteiger partial charge < -0.3 is 5.32 Å². The van der Waals surface area contributed by atoms with Crippen LogP contribution in [0.25, 0.3) is 6.08 Å². The standard InChI is InChI=1S/C21H22F5N3O3S/c1-3-4-5-17-14(6-8-18(28-17)21(24,25)26)7-9-19(30)27-12-13-10-15(22)20(16(23)11-13)29-33(2,31)32/h6-11,29H,3-5,12H2,1-2H3,(H,27,30)/b9-7+. The molecule has 0 atom stereocenters. The number of alkyl halides is 3. The van der Waals surface area contributed by atoms with Crippen LogP contribution in [0, 0.1) is 11.6 Å². The van der Waals surface area contributed by atoms with E-state index in [9.17, 15) is 35.2 Å². The second kappa shape index (κ2) is 10.7. The van der Waals surface area contributed by atoms with Gasteiger partial charge in [-0.2, -0.15) is 13.2 Å². The number of rotatable bonds is 9. The van der Waals surface area contributed by atoms with Crippen LogP contribution in [0.15, 0.2) is 30.3 Å². The van der Waals surface area contributed by atoms with Gasteiger partial charge in [-0.1, -0.05) is 19.4 Å². The van der Waals surface area contributed by atoms with Gasteiger partial charge >= 0.3 is 6.18 Å². The third-order valence-electron chi connectivity index (χ3n) is 4.34. The van der Waals surface area contributed by atoms with Crippen LogP contribution in [0.3, 0.4) is 0 Å². The molecule has 1 aromatic heterocycles. The number of pyridine rings is 1. The van der Waals surface area contributed by atoms with Crippen molar-refractivity contribution in [3.63, 3.8) is 0 Å². The van der Waals surface area contributed by atoms with Gasteiger partial charge in [0.05, 0.1) is 6.26 Å². The number of aryl methyl sites for hydroxylation is 1. The number of nitrogens with one attached hydrogen (secondary N) is 2. The maximum Gasteiger partial charge on any atom is 0.433 e. The molecule has 180 valence electrons. The molecule has 12 heteroatoms. The highest BCUT2D eigenvalue weighted by Crippen LogP contribution is 2.29. The summed E-state index contributed by atoms with van der Waals surface area (Å²) in [7, 11) is -3.89. The van der Waals surface area contributed by atoms with Gasteiger partial charge in [0, 0.05) is 18.3 Å². The fourth-order valence-corrected chi connectivity index (χ4v) is 3.36. The van der Waals surface area contributed by atoms with Gasteiger partial charge in [-0.05, 0) is 48.2 Å². The van der Waals surface area contributed by atoms with E-state index in [-0.39, 0.29) is 17.8 Å². The Morgan fingerprint density at radius 1 is 1.15 bits per heavy atom. The highest BCUT2D eigenvalue weighted by atomic mass is 32.2. The molecular weight excluding hydrogens is 469 g/mol. The number of sulfonamides is 1.